The van der Waals surface area contributed by atoms with Crippen LogP contribution in [0.5, 0.6) is 0 Å². The van der Waals surface area contributed by atoms with Crippen molar-refractivity contribution in [2.45, 2.75) is 71.1 Å². The topological polar surface area (TPSA) is 17.1 Å². The van der Waals surface area contributed by atoms with Crippen LogP contribution in [0.3, 0.4) is 0 Å². The molecule has 0 aromatic heterocycles. The van der Waals surface area contributed by atoms with Gasteiger partial charge >= 0.3 is 0 Å². The number of carbonyl (C=O) groups is 1. The highest BCUT2D eigenvalue weighted by atomic mass is 16.1. The maximum atomic E-state index is 12.3. The minimum atomic E-state index is -0.518. The highest BCUT2D eigenvalue weighted by Crippen LogP contribution is 2.23. The molecule has 1 nitrogen and oxygen atoms in total. The van der Waals surface area contributed by atoms with Crippen molar-refractivity contribution in [3.8, 4) is 11.8 Å². The van der Waals surface area contributed by atoms with Crippen molar-refractivity contribution >= 4 is 5.78 Å². The van der Waals surface area contributed by atoms with Gasteiger partial charge in [-0.15, -0.1) is 0 Å². The van der Waals surface area contributed by atoms with E-state index < -0.39 is 5.41 Å². The number of hydrogen-bond donors (Lipinski definition) is 0. The summed E-state index contributed by atoms with van der Waals surface area (Å²) in [6.45, 7) is 6.12. The van der Waals surface area contributed by atoms with E-state index in [1.54, 1.807) is 0 Å². The highest BCUT2D eigenvalue weighted by molar-refractivity contribution is 6.03. The Kier molecular flexibility index (Phi) is 7.83. The fourth-order valence-corrected chi connectivity index (χ4v) is 2.28. The van der Waals surface area contributed by atoms with Gasteiger partial charge in [-0.05, 0) is 31.8 Å². The van der Waals surface area contributed by atoms with E-state index >= 15 is 0 Å². The Bertz CT molecular complexity index is 474. The van der Waals surface area contributed by atoms with Gasteiger partial charge in [-0.25, -0.2) is 0 Å². The molecular weight excluding hydrogens is 256 g/mol. The van der Waals surface area contributed by atoms with E-state index in [2.05, 4.69) is 18.8 Å². The van der Waals surface area contributed by atoms with Crippen LogP contribution in [-0.4, -0.2) is 5.78 Å². The molecule has 0 saturated heterocycles. The zero-order valence-electron chi connectivity index (χ0n) is 13.7. The van der Waals surface area contributed by atoms with Crippen molar-refractivity contribution in [2.24, 2.45) is 0 Å². The standard InChI is InChI=1S/C20H28O/c1-4-5-6-7-8-9-10-14-17-19(21)20(2,3)18-15-12-11-13-16-18/h11-13,15-16H,4-10H2,1-3H3. The largest absolute Gasteiger partial charge is 0.284 e. The van der Waals surface area contributed by atoms with Gasteiger partial charge in [0.25, 0.3) is 0 Å². The second-order valence-electron chi connectivity index (χ2n) is 6.14. The molecule has 1 heteroatoms. The second kappa shape index (κ2) is 9.40. The van der Waals surface area contributed by atoms with Gasteiger partial charge < -0.3 is 0 Å². The summed E-state index contributed by atoms with van der Waals surface area (Å²) >= 11 is 0. The summed E-state index contributed by atoms with van der Waals surface area (Å²) in [4.78, 5) is 12.3. The molecule has 0 aliphatic rings. The minimum Gasteiger partial charge on any atom is -0.284 e. The Hall–Kier alpha value is -1.55. The van der Waals surface area contributed by atoms with Gasteiger partial charge in [0.2, 0.25) is 5.78 Å². The van der Waals surface area contributed by atoms with Crippen molar-refractivity contribution in [3.63, 3.8) is 0 Å². The zero-order valence-corrected chi connectivity index (χ0v) is 13.7. The fourth-order valence-electron chi connectivity index (χ4n) is 2.28. The maximum absolute atomic E-state index is 12.3. The highest BCUT2D eigenvalue weighted by Gasteiger charge is 2.27. The van der Waals surface area contributed by atoms with Gasteiger partial charge in [-0.3, -0.25) is 4.79 Å². The monoisotopic (exact) mass is 284 g/mol. The molecule has 1 rings (SSSR count). The minimum absolute atomic E-state index is 0.0136. The van der Waals surface area contributed by atoms with Crippen LogP contribution in [0.1, 0.15) is 71.3 Å². The molecule has 21 heavy (non-hydrogen) atoms. The van der Waals surface area contributed by atoms with Crippen molar-refractivity contribution in [3.05, 3.63) is 35.9 Å². The van der Waals surface area contributed by atoms with Gasteiger partial charge in [-0.2, -0.15) is 0 Å². The summed E-state index contributed by atoms with van der Waals surface area (Å²) in [6, 6.07) is 9.89. The van der Waals surface area contributed by atoms with Gasteiger partial charge in [0, 0.05) is 6.42 Å². The average Bonchev–Trinajstić information content (AvgIpc) is 2.50. The Morgan fingerprint density at radius 2 is 1.62 bits per heavy atom. The van der Waals surface area contributed by atoms with E-state index in [1.807, 2.05) is 44.2 Å². The number of ketones is 1. The molecule has 0 atom stereocenters. The molecule has 0 radical (unpaired) electrons. The summed E-state index contributed by atoms with van der Waals surface area (Å²) < 4.78 is 0. The second-order valence-corrected chi connectivity index (χ2v) is 6.14. The first-order valence-electron chi connectivity index (χ1n) is 8.18. The Balaban J connectivity index is 2.38. The van der Waals surface area contributed by atoms with Crippen LogP contribution in [0.2, 0.25) is 0 Å². The van der Waals surface area contributed by atoms with Crippen LogP contribution in [0.15, 0.2) is 30.3 Å². The molecule has 0 bridgehead atoms. The normalized spacial score (nSPS) is 10.8. The van der Waals surface area contributed by atoms with E-state index in [0.717, 1.165) is 18.4 Å². The van der Waals surface area contributed by atoms with Crippen molar-refractivity contribution < 1.29 is 4.79 Å². The van der Waals surface area contributed by atoms with E-state index in [4.69, 9.17) is 0 Å². The van der Waals surface area contributed by atoms with E-state index in [1.165, 1.54) is 32.1 Å². The molecule has 0 unspecified atom stereocenters. The van der Waals surface area contributed by atoms with Gasteiger partial charge in [0.05, 0.1) is 5.41 Å². The maximum Gasteiger partial charge on any atom is 0.215 e. The van der Waals surface area contributed by atoms with E-state index in [-0.39, 0.29) is 5.78 Å². The molecule has 0 N–H and O–H groups in total. The lowest BCUT2D eigenvalue weighted by molar-refractivity contribution is -0.117. The molecule has 114 valence electrons. The summed E-state index contributed by atoms with van der Waals surface area (Å²) in [5.74, 6) is 5.90. The quantitative estimate of drug-likeness (QED) is 0.360. The molecular formula is C20H28O. The molecule has 0 spiro atoms. The van der Waals surface area contributed by atoms with Crippen LogP contribution in [-0.2, 0) is 10.2 Å². The zero-order chi connectivity index (χ0) is 15.6. The predicted molar refractivity (Wildman–Crippen MR) is 90.2 cm³/mol. The van der Waals surface area contributed by atoms with Crippen molar-refractivity contribution in [2.75, 3.05) is 0 Å². The Morgan fingerprint density at radius 1 is 1.00 bits per heavy atom. The predicted octanol–water partition coefficient (Wildman–Crippen LogP) is 5.29. The number of hydrogen-bond acceptors (Lipinski definition) is 1. The fraction of sp³-hybridized carbons (Fsp3) is 0.550. The molecule has 0 heterocycles. The molecule has 1 aromatic rings. The summed E-state index contributed by atoms with van der Waals surface area (Å²) in [6.07, 6.45) is 8.39. The van der Waals surface area contributed by atoms with E-state index in [0.29, 0.717) is 0 Å². The third-order valence-corrected chi connectivity index (χ3v) is 3.92. The number of unbranched alkanes of at least 4 members (excludes halogenated alkanes) is 6. The van der Waals surface area contributed by atoms with Crippen molar-refractivity contribution in [1.82, 2.24) is 0 Å². The smallest absolute Gasteiger partial charge is 0.215 e. The van der Waals surface area contributed by atoms with Crippen LogP contribution >= 0.6 is 0 Å². The molecule has 0 amide bonds. The average molecular weight is 284 g/mol. The van der Waals surface area contributed by atoms with Gasteiger partial charge in [0.15, 0.2) is 0 Å². The summed E-state index contributed by atoms with van der Waals surface area (Å²) in [7, 11) is 0. The lowest BCUT2D eigenvalue weighted by Gasteiger charge is -2.20. The molecule has 1 aromatic carbocycles. The van der Waals surface area contributed by atoms with Crippen LogP contribution < -0.4 is 0 Å². The first-order chi connectivity index (χ1) is 10.1. The van der Waals surface area contributed by atoms with Crippen molar-refractivity contribution in [1.29, 1.82) is 0 Å². The summed E-state index contributed by atoms with van der Waals surface area (Å²) in [5.41, 5.74) is 0.513. The molecule has 0 aliphatic heterocycles. The van der Waals surface area contributed by atoms with Gasteiger partial charge in [-0.1, -0.05) is 75.3 Å². The number of carbonyl (C=O) groups excluding carboxylic acids is 1. The summed E-state index contributed by atoms with van der Waals surface area (Å²) in [5, 5.41) is 0. The SMILES string of the molecule is CCCCCCCCC#CC(=O)C(C)(C)c1ccccc1. The van der Waals surface area contributed by atoms with Gasteiger partial charge in [0.1, 0.15) is 0 Å². The van der Waals surface area contributed by atoms with Crippen LogP contribution in [0.4, 0.5) is 0 Å². The third-order valence-electron chi connectivity index (χ3n) is 3.92. The Morgan fingerprint density at radius 3 is 2.29 bits per heavy atom. The van der Waals surface area contributed by atoms with Crippen LogP contribution in [0, 0.1) is 11.8 Å². The lowest BCUT2D eigenvalue weighted by Crippen LogP contribution is -2.27. The lowest BCUT2D eigenvalue weighted by atomic mass is 9.81. The first-order valence-corrected chi connectivity index (χ1v) is 8.18. The van der Waals surface area contributed by atoms with E-state index in [9.17, 15) is 4.79 Å². The number of rotatable bonds is 8. The number of benzene rings is 1. The Labute approximate surface area is 130 Å². The number of Topliss-reactive ketones (excluding diaryl/α,β-unsaturated/α-hetero) is 1. The molecule has 0 saturated carbocycles. The van der Waals surface area contributed by atoms with Crippen LogP contribution in [0.25, 0.3) is 0 Å². The molecule has 0 aliphatic carbocycles. The molecule has 0 fully saturated rings. The first kappa shape index (κ1) is 17.5. The third kappa shape index (κ3) is 6.17.